The fourth-order valence-corrected chi connectivity index (χ4v) is 2.99. The zero-order valence-corrected chi connectivity index (χ0v) is 10.9. The van der Waals surface area contributed by atoms with E-state index >= 15 is 0 Å². The van der Waals surface area contributed by atoms with Gasteiger partial charge in [-0.3, -0.25) is 4.79 Å². The van der Waals surface area contributed by atoms with Crippen LogP contribution in [0, 0.1) is 5.92 Å². The van der Waals surface area contributed by atoms with E-state index in [0.29, 0.717) is 11.7 Å². The Morgan fingerprint density at radius 1 is 1.50 bits per heavy atom. The largest absolute Gasteiger partial charge is 0.385 e. The quantitative estimate of drug-likeness (QED) is 0.878. The summed E-state index contributed by atoms with van der Waals surface area (Å²) in [5, 5.41) is 6.31. The number of carbonyl (C=O) groups excluding carboxylic acids is 1. The lowest BCUT2D eigenvalue weighted by molar-refractivity contribution is -0.113. The monoisotopic (exact) mass is 264 g/mol. The van der Waals surface area contributed by atoms with Gasteiger partial charge in [-0.25, -0.2) is 0 Å². The van der Waals surface area contributed by atoms with Gasteiger partial charge in [-0.15, -0.1) is 11.8 Å². The maximum atomic E-state index is 11.3. The zero-order chi connectivity index (χ0) is 12.4. The van der Waals surface area contributed by atoms with Crippen LogP contribution in [-0.2, 0) is 9.53 Å². The fraction of sp³-hybridized carbons (Fsp3) is 0.462. The van der Waals surface area contributed by atoms with Crippen molar-refractivity contribution >= 4 is 29.0 Å². The first-order valence-corrected chi connectivity index (χ1v) is 7.18. The zero-order valence-electron chi connectivity index (χ0n) is 10.1. The minimum absolute atomic E-state index is 0.0776. The van der Waals surface area contributed by atoms with Crippen LogP contribution < -0.4 is 10.6 Å². The van der Waals surface area contributed by atoms with E-state index in [1.165, 1.54) is 0 Å². The Kier molecular flexibility index (Phi) is 3.43. The van der Waals surface area contributed by atoms with Crippen LogP contribution in [0.3, 0.4) is 0 Å². The maximum absolute atomic E-state index is 11.3. The summed E-state index contributed by atoms with van der Waals surface area (Å²) in [6, 6.07) is 6.14. The summed E-state index contributed by atoms with van der Waals surface area (Å²) in [5.74, 6) is 1.19. The van der Waals surface area contributed by atoms with Crippen LogP contribution in [0.25, 0.3) is 0 Å². The Morgan fingerprint density at radius 3 is 3.28 bits per heavy atom. The molecular weight excluding hydrogens is 248 g/mol. The first-order chi connectivity index (χ1) is 8.81. The van der Waals surface area contributed by atoms with Crippen molar-refractivity contribution in [2.45, 2.75) is 11.3 Å². The standard InChI is InChI=1S/C13H16N2O2S/c16-13-8-18-12-2-1-10(5-11(12)15-13)14-6-9-3-4-17-7-9/h1-2,5,9,14H,3-4,6-8H2,(H,15,16). The molecule has 96 valence electrons. The second-order valence-corrected chi connectivity index (χ2v) is 5.68. The van der Waals surface area contributed by atoms with Gasteiger partial charge in [0.1, 0.15) is 0 Å². The summed E-state index contributed by atoms with van der Waals surface area (Å²) in [5.41, 5.74) is 1.98. The minimum atomic E-state index is 0.0776. The van der Waals surface area contributed by atoms with E-state index < -0.39 is 0 Å². The molecule has 1 unspecified atom stereocenters. The Balaban J connectivity index is 1.65. The number of hydrogen-bond acceptors (Lipinski definition) is 4. The number of amides is 1. The van der Waals surface area contributed by atoms with Crippen molar-refractivity contribution in [3.05, 3.63) is 18.2 Å². The van der Waals surface area contributed by atoms with Crippen LogP contribution in [0.1, 0.15) is 6.42 Å². The third-order valence-corrected chi connectivity index (χ3v) is 4.30. The van der Waals surface area contributed by atoms with E-state index in [-0.39, 0.29) is 5.91 Å². The molecule has 0 saturated carbocycles. The number of carbonyl (C=O) groups is 1. The third-order valence-electron chi connectivity index (χ3n) is 3.23. The number of nitrogens with one attached hydrogen (secondary N) is 2. The number of thioether (sulfide) groups is 1. The number of hydrogen-bond donors (Lipinski definition) is 2. The molecule has 4 nitrogen and oxygen atoms in total. The highest BCUT2D eigenvalue weighted by Crippen LogP contribution is 2.33. The van der Waals surface area contributed by atoms with Crippen LogP contribution in [-0.4, -0.2) is 31.4 Å². The molecule has 2 heterocycles. The van der Waals surface area contributed by atoms with Gasteiger partial charge in [0, 0.05) is 29.7 Å². The highest BCUT2D eigenvalue weighted by atomic mass is 32.2. The predicted molar refractivity (Wildman–Crippen MR) is 73.2 cm³/mol. The number of anilines is 2. The van der Waals surface area contributed by atoms with Gasteiger partial charge < -0.3 is 15.4 Å². The molecule has 18 heavy (non-hydrogen) atoms. The molecule has 3 rings (SSSR count). The molecule has 0 bridgehead atoms. The Labute approximate surface area is 110 Å². The van der Waals surface area contributed by atoms with Crippen LogP contribution in [0.4, 0.5) is 11.4 Å². The fourth-order valence-electron chi connectivity index (χ4n) is 2.20. The molecule has 2 N–H and O–H groups in total. The lowest BCUT2D eigenvalue weighted by Crippen LogP contribution is -2.19. The van der Waals surface area contributed by atoms with E-state index in [0.717, 1.165) is 42.4 Å². The van der Waals surface area contributed by atoms with Gasteiger partial charge in [-0.1, -0.05) is 0 Å². The van der Waals surface area contributed by atoms with Crippen molar-refractivity contribution in [3.63, 3.8) is 0 Å². The Morgan fingerprint density at radius 2 is 2.44 bits per heavy atom. The predicted octanol–water partition coefficient (Wildman–Crippen LogP) is 2.18. The van der Waals surface area contributed by atoms with Crippen LogP contribution in [0.15, 0.2) is 23.1 Å². The summed E-state index contributed by atoms with van der Waals surface area (Å²) < 4.78 is 5.35. The summed E-state index contributed by atoms with van der Waals surface area (Å²) >= 11 is 1.59. The molecule has 1 fully saturated rings. The highest BCUT2D eigenvalue weighted by molar-refractivity contribution is 8.00. The summed E-state index contributed by atoms with van der Waals surface area (Å²) in [4.78, 5) is 12.5. The van der Waals surface area contributed by atoms with E-state index in [4.69, 9.17) is 4.74 Å². The van der Waals surface area contributed by atoms with E-state index in [2.05, 4.69) is 22.8 Å². The molecule has 2 aliphatic rings. The minimum Gasteiger partial charge on any atom is -0.385 e. The van der Waals surface area contributed by atoms with Crippen LogP contribution in [0.2, 0.25) is 0 Å². The lowest BCUT2D eigenvalue weighted by atomic mass is 10.1. The molecule has 1 saturated heterocycles. The molecule has 0 aromatic heterocycles. The topological polar surface area (TPSA) is 50.4 Å². The smallest absolute Gasteiger partial charge is 0.234 e. The summed E-state index contributed by atoms with van der Waals surface area (Å²) in [7, 11) is 0. The molecule has 2 aliphatic heterocycles. The van der Waals surface area contributed by atoms with Crippen molar-refractivity contribution in [1.82, 2.24) is 0 Å². The molecular formula is C13H16N2O2S. The SMILES string of the molecule is O=C1CSc2ccc(NCC3CCOC3)cc2N1. The molecule has 1 aromatic rings. The van der Waals surface area contributed by atoms with Crippen molar-refractivity contribution in [3.8, 4) is 0 Å². The van der Waals surface area contributed by atoms with E-state index in [9.17, 15) is 4.79 Å². The van der Waals surface area contributed by atoms with Gasteiger partial charge in [-0.05, 0) is 24.6 Å². The van der Waals surface area contributed by atoms with Crippen molar-refractivity contribution in [2.75, 3.05) is 36.1 Å². The highest BCUT2D eigenvalue weighted by Gasteiger charge is 2.17. The van der Waals surface area contributed by atoms with Crippen molar-refractivity contribution in [1.29, 1.82) is 0 Å². The van der Waals surface area contributed by atoms with E-state index in [1.54, 1.807) is 11.8 Å². The Hall–Kier alpha value is -1.20. The van der Waals surface area contributed by atoms with Gasteiger partial charge in [0.2, 0.25) is 5.91 Å². The molecule has 0 aliphatic carbocycles. The number of rotatable bonds is 3. The molecule has 0 radical (unpaired) electrons. The number of ether oxygens (including phenoxy) is 1. The van der Waals surface area contributed by atoms with Crippen molar-refractivity contribution in [2.24, 2.45) is 5.92 Å². The normalized spacial score (nSPS) is 22.4. The summed E-state index contributed by atoms with van der Waals surface area (Å²) in [6.45, 7) is 2.66. The average molecular weight is 264 g/mol. The average Bonchev–Trinajstić information content (AvgIpc) is 2.89. The van der Waals surface area contributed by atoms with Gasteiger partial charge in [0.25, 0.3) is 0 Å². The third kappa shape index (κ3) is 2.62. The van der Waals surface area contributed by atoms with Crippen LogP contribution >= 0.6 is 11.8 Å². The number of fused-ring (bicyclic) bond motifs is 1. The van der Waals surface area contributed by atoms with Gasteiger partial charge >= 0.3 is 0 Å². The maximum Gasteiger partial charge on any atom is 0.234 e. The second-order valence-electron chi connectivity index (χ2n) is 4.66. The molecule has 1 atom stereocenters. The molecule has 1 aromatic carbocycles. The van der Waals surface area contributed by atoms with Crippen LogP contribution in [0.5, 0.6) is 0 Å². The second kappa shape index (κ2) is 5.20. The lowest BCUT2D eigenvalue weighted by Gasteiger charge is -2.18. The van der Waals surface area contributed by atoms with Crippen molar-refractivity contribution < 1.29 is 9.53 Å². The first-order valence-electron chi connectivity index (χ1n) is 6.19. The molecule has 0 spiro atoms. The summed E-state index contributed by atoms with van der Waals surface area (Å²) in [6.07, 6.45) is 1.13. The van der Waals surface area contributed by atoms with Gasteiger partial charge in [0.05, 0.1) is 18.0 Å². The molecule has 5 heteroatoms. The molecule has 1 amide bonds. The Bertz CT molecular complexity index is 458. The number of benzene rings is 1. The van der Waals surface area contributed by atoms with Gasteiger partial charge in [-0.2, -0.15) is 0 Å². The first kappa shape index (κ1) is 11.9. The van der Waals surface area contributed by atoms with E-state index in [1.807, 2.05) is 6.07 Å². The van der Waals surface area contributed by atoms with Gasteiger partial charge in [0.15, 0.2) is 0 Å².